The lowest BCUT2D eigenvalue weighted by Gasteiger charge is -2.14. The Morgan fingerprint density at radius 2 is 2.36 bits per heavy atom. The van der Waals surface area contributed by atoms with Crippen LogP contribution in [0.1, 0.15) is 33.1 Å². The molecular formula is C10H15Cl. The van der Waals surface area contributed by atoms with Crippen molar-refractivity contribution >= 4 is 11.6 Å². The van der Waals surface area contributed by atoms with Gasteiger partial charge in [0.2, 0.25) is 0 Å². The minimum absolute atomic E-state index is 0.670. The summed E-state index contributed by atoms with van der Waals surface area (Å²) >= 11 is 5.93. The monoisotopic (exact) mass is 170 g/mol. The predicted octanol–water partition coefficient (Wildman–Crippen LogP) is 3.88. The van der Waals surface area contributed by atoms with E-state index in [0.717, 1.165) is 17.9 Å². The summed E-state index contributed by atoms with van der Waals surface area (Å²) in [6.45, 7) is 4.46. The van der Waals surface area contributed by atoms with Crippen LogP contribution in [0.25, 0.3) is 0 Å². The largest absolute Gasteiger partial charge is 0.0891 e. The topological polar surface area (TPSA) is 0 Å². The maximum Gasteiger partial charge on any atom is 0.0186 e. The first kappa shape index (κ1) is 8.86. The van der Waals surface area contributed by atoms with Crippen molar-refractivity contribution in [3.05, 3.63) is 22.8 Å². The summed E-state index contributed by atoms with van der Waals surface area (Å²) in [5.41, 5.74) is 1.42. The summed E-state index contributed by atoms with van der Waals surface area (Å²) in [5, 5.41) is 1.02. The third-order valence-electron chi connectivity index (χ3n) is 2.27. The Bertz CT molecular complexity index is 189. The smallest absolute Gasteiger partial charge is 0.0186 e. The second-order valence-electron chi connectivity index (χ2n) is 3.14. The van der Waals surface area contributed by atoms with Gasteiger partial charge in [0.1, 0.15) is 0 Å². The molecule has 0 N–H and O–H groups in total. The molecule has 1 rings (SSSR count). The van der Waals surface area contributed by atoms with Crippen LogP contribution in [0.5, 0.6) is 0 Å². The molecule has 0 aromatic heterocycles. The SMILES string of the molecule is CCC(C)C1=CCCC(Cl)=C1. The molecule has 1 aliphatic carbocycles. The molecule has 11 heavy (non-hydrogen) atoms. The third-order valence-corrected chi connectivity index (χ3v) is 2.57. The first-order chi connectivity index (χ1) is 5.24. The second kappa shape index (κ2) is 3.96. The molecule has 1 heteroatoms. The summed E-state index contributed by atoms with van der Waals surface area (Å²) in [5.74, 6) is 0.670. The van der Waals surface area contributed by atoms with Gasteiger partial charge in [0, 0.05) is 5.03 Å². The summed E-state index contributed by atoms with van der Waals surface area (Å²) in [4.78, 5) is 0. The van der Waals surface area contributed by atoms with Gasteiger partial charge in [-0.1, -0.05) is 31.5 Å². The first-order valence-electron chi connectivity index (χ1n) is 4.30. The summed E-state index contributed by atoms with van der Waals surface area (Å²) < 4.78 is 0. The Kier molecular flexibility index (Phi) is 3.19. The summed E-state index contributed by atoms with van der Waals surface area (Å²) in [6, 6.07) is 0. The maximum absolute atomic E-state index is 5.93. The van der Waals surface area contributed by atoms with Gasteiger partial charge in [-0.3, -0.25) is 0 Å². The summed E-state index contributed by atoms with van der Waals surface area (Å²) in [6.07, 6.45) is 7.78. The van der Waals surface area contributed by atoms with E-state index in [1.165, 1.54) is 12.0 Å². The fourth-order valence-electron chi connectivity index (χ4n) is 1.27. The van der Waals surface area contributed by atoms with Crippen molar-refractivity contribution in [2.24, 2.45) is 5.92 Å². The molecule has 0 aromatic rings. The predicted molar refractivity (Wildman–Crippen MR) is 50.7 cm³/mol. The van der Waals surface area contributed by atoms with Gasteiger partial charge >= 0.3 is 0 Å². The highest BCUT2D eigenvalue weighted by molar-refractivity contribution is 6.29. The average molecular weight is 171 g/mol. The van der Waals surface area contributed by atoms with Crippen molar-refractivity contribution in [2.75, 3.05) is 0 Å². The molecule has 0 aromatic carbocycles. The minimum atomic E-state index is 0.670. The molecule has 0 bridgehead atoms. The molecule has 0 saturated carbocycles. The van der Waals surface area contributed by atoms with E-state index >= 15 is 0 Å². The zero-order valence-electron chi connectivity index (χ0n) is 7.23. The van der Waals surface area contributed by atoms with Gasteiger partial charge in [-0.15, -0.1) is 0 Å². The molecular weight excluding hydrogens is 156 g/mol. The van der Waals surface area contributed by atoms with E-state index in [-0.39, 0.29) is 0 Å². The van der Waals surface area contributed by atoms with E-state index < -0.39 is 0 Å². The van der Waals surface area contributed by atoms with E-state index in [0.29, 0.717) is 5.92 Å². The van der Waals surface area contributed by atoms with Crippen LogP contribution in [0.15, 0.2) is 22.8 Å². The molecule has 0 saturated heterocycles. The molecule has 0 aliphatic heterocycles. The lowest BCUT2D eigenvalue weighted by Crippen LogP contribution is -1.98. The van der Waals surface area contributed by atoms with Crippen LogP contribution in [-0.4, -0.2) is 0 Å². The fourth-order valence-corrected chi connectivity index (χ4v) is 1.50. The van der Waals surface area contributed by atoms with E-state index in [4.69, 9.17) is 11.6 Å². The average Bonchev–Trinajstić information content (AvgIpc) is 2.03. The van der Waals surface area contributed by atoms with Crippen LogP contribution in [0, 0.1) is 5.92 Å². The standard InChI is InChI=1S/C10H15Cl/c1-3-8(2)9-5-4-6-10(11)7-9/h5,7-8H,3-4,6H2,1-2H3. The van der Waals surface area contributed by atoms with Crippen molar-refractivity contribution in [3.8, 4) is 0 Å². The minimum Gasteiger partial charge on any atom is -0.0891 e. The maximum atomic E-state index is 5.93. The fraction of sp³-hybridized carbons (Fsp3) is 0.600. The van der Waals surface area contributed by atoms with E-state index in [9.17, 15) is 0 Å². The van der Waals surface area contributed by atoms with Crippen LogP contribution in [0.3, 0.4) is 0 Å². The quantitative estimate of drug-likeness (QED) is 0.590. The zero-order chi connectivity index (χ0) is 8.27. The van der Waals surface area contributed by atoms with E-state index in [2.05, 4.69) is 26.0 Å². The van der Waals surface area contributed by atoms with E-state index in [1.807, 2.05) is 0 Å². The molecule has 62 valence electrons. The Labute approximate surface area is 73.9 Å². The molecule has 0 spiro atoms. The molecule has 1 unspecified atom stereocenters. The van der Waals surface area contributed by atoms with Crippen LogP contribution in [0.4, 0.5) is 0 Å². The number of rotatable bonds is 2. The van der Waals surface area contributed by atoms with Gasteiger partial charge in [-0.05, 0) is 36.8 Å². The van der Waals surface area contributed by atoms with Gasteiger partial charge in [0.25, 0.3) is 0 Å². The van der Waals surface area contributed by atoms with Gasteiger partial charge in [-0.2, -0.15) is 0 Å². The van der Waals surface area contributed by atoms with Gasteiger partial charge < -0.3 is 0 Å². The molecule has 0 radical (unpaired) electrons. The van der Waals surface area contributed by atoms with Crippen molar-refractivity contribution in [3.63, 3.8) is 0 Å². The highest BCUT2D eigenvalue weighted by atomic mass is 35.5. The summed E-state index contributed by atoms with van der Waals surface area (Å²) in [7, 11) is 0. The molecule has 1 atom stereocenters. The Hall–Kier alpha value is -0.230. The van der Waals surface area contributed by atoms with Crippen LogP contribution in [-0.2, 0) is 0 Å². The normalized spacial score (nSPS) is 20.6. The number of hydrogen-bond acceptors (Lipinski definition) is 0. The van der Waals surface area contributed by atoms with Gasteiger partial charge in [0.15, 0.2) is 0 Å². The number of allylic oxidation sites excluding steroid dienone is 4. The van der Waals surface area contributed by atoms with Gasteiger partial charge in [0.05, 0.1) is 0 Å². The van der Waals surface area contributed by atoms with Crippen molar-refractivity contribution < 1.29 is 0 Å². The third kappa shape index (κ3) is 2.37. The Balaban J connectivity index is 2.65. The number of halogens is 1. The van der Waals surface area contributed by atoms with Crippen LogP contribution in [0.2, 0.25) is 0 Å². The van der Waals surface area contributed by atoms with Crippen molar-refractivity contribution in [1.82, 2.24) is 0 Å². The van der Waals surface area contributed by atoms with Crippen LogP contribution >= 0.6 is 11.6 Å². The highest BCUT2D eigenvalue weighted by Gasteiger charge is 2.08. The Morgan fingerprint density at radius 1 is 1.64 bits per heavy atom. The highest BCUT2D eigenvalue weighted by Crippen LogP contribution is 2.26. The molecule has 0 heterocycles. The van der Waals surface area contributed by atoms with E-state index in [1.54, 1.807) is 0 Å². The lowest BCUT2D eigenvalue weighted by molar-refractivity contribution is 0.661. The molecule has 0 nitrogen and oxygen atoms in total. The van der Waals surface area contributed by atoms with Crippen molar-refractivity contribution in [1.29, 1.82) is 0 Å². The zero-order valence-corrected chi connectivity index (χ0v) is 7.99. The first-order valence-corrected chi connectivity index (χ1v) is 4.68. The lowest BCUT2D eigenvalue weighted by atomic mass is 9.94. The van der Waals surface area contributed by atoms with Crippen molar-refractivity contribution in [2.45, 2.75) is 33.1 Å². The second-order valence-corrected chi connectivity index (χ2v) is 3.63. The van der Waals surface area contributed by atoms with Crippen LogP contribution < -0.4 is 0 Å². The van der Waals surface area contributed by atoms with Gasteiger partial charge in [-0.25, -0.2) is 0 Å². The number of hydrogen-bond donors (Lipinski definition) is 0. The Morgan fingerprint density at radius 3 is 2.91 bits per heavy atom. The molecule has 1 aliphatic rings. The molecule has 0 fully saturated rings. The molecule has 0 amide bonds.